The summed E-state index contributed by atoms with van der Waals surface area (Å²) >= 11 is 0. The van der Waals surface area contributed by atoms with Crippen LogP contribution in [-0.2, 0) is 0 Å². The van der Waals surface area contributed by atoms with Gasteiger partial charge in [-0.1, -0.05) is 19.9 Å². The lowest BCUT2D eigenvalue weighted by atomic mass is 9.95. The number of ether oxygens (including phenoxy) is 2. The number of hydrogen-bond donors (Lipinski definition) is 1. The summed E-state index contributed by atoms with van der Waals surface area (Å²) < 4.78 is 10.5. The maximum Gasteiger partial charge on any atom is 0.161 e. The minimum absolute atomic E-state index is 0.490. The largest absolute Gasteiger partial charge is 0.493 e. The molecule has 1 aromatic rings. The highest BCUT2D eigenvalue weighted by molar-refractivity contribution is 5.43. The van der Waals surface area contributed by atoms with Gasteiger partial charge in [-0.2, -0.15) is 0 Å². The standard InChI is InChI=1S/C17H27NO3/c1-12(2)14-7-8-18(10-14)11-15(19)13-5-6-16(20-3)17(9-13)21-4/h5-6,9,12,14-15,19H,7-8,10-11H2,1-4H3. The maximum atomic E-state index is 10.5. The van der Waals surface area contributed by atoms with Crippen LogP contribution in [0.2, 0.25) is 0 Å². The smallest absolute Gasteiger partial charge is 0.161 e. The van der Waals surface area contributed by atoms with Gasteiger partial charge in [-0.25, -0.2) is 0 Å². The van der Waals surface area contributed by atoms with Crippen molar-refractivity contribution in [1.82, 2.24) is 4.90 Å². The second kappa shape index (κ2) is 7.14. The molecule has 0 aliphatic carbocycles. The Bertz CT molecular complexity index is 461. The number of benzene rings is 1. The number of rotatable bonds is 6. The molecule has 0 saturated carbocycles. The number of β-amino-alcohol motifs (C(OH)–C–C–N with tert-alkyl or cyclic N) is 1. The summed E-state index contributed by atoms with van der Waals surface area (Å²) in [5, 5.41) is 10.5. The van der Waals surface area contributed by atoms with Gasteiger partial charge in [0.25, 0.3) is 0 Å². The molecule has 1 aromatic carbocycles. The summed E-state index contributed by atoms with van der Waals surface area (Å²) in [4.78, 5) is 2.35. The van der Waals surface area contributed by atoms with Gasteiger partial charge >= 0.3 is 0 Å². The van der Waals surface area contributed by atoms with Crippen LogP contribution in [0.4, 0.5) is 0 Å². The van der Waals surface area contributed by atoms with Crippen LogP contribution in [0, 0.1) is 11.8 Å². The van der Waals surface area contributed by atoms with Crippen LogP contribution in [0.15, 0.2) is 18.2 Å². The lowest BCUT2D eigenvalue weighted by Crippen LogP contribution is -2.27. The van der Waals surface area contributed by atoms with Crippen molar-refractivity contribution in [2.75, 3.05) is 33.9 Å². The van der Waals surface area contributed by atoms with Crippen LogP contribution >= 0.6 is 0 Å². The van der Waals surface area contributed by atoms with Gasteiger partial charge in [0.2, 0.25) is 0 Å². The third-order valence-electron chi connectivity index (χ3n) is 4.48. The summed E-state index contributed by atoms with van der Waals surface area (Å²) in [6, 6.07) is 5.61. The molecular weight excluding hydrogens is 266 g/mol. The first kappa shape index (κ1) is 16.1. The highest BCUT2D eigenvalue weighted by Crippen LogP contribution is 2.31. The summed E-state index contributed by atoms with van der Waals surface area (Å²) in [6.45, 7) is 7.39. The maximum absolute atomic E-state index is 10.5. The minimum atomic E-state index is -0.490. The molecule has 0 bridgehead atoms. The van der Waals surface area contributed by atoms with E-state index in [4.69, 9.17) is 9.47 Å². The number of aliphatic hydroxyl groups is 1. The van der Waals surface area contributed by atoms with Gasteiger partial charge in [0.15, 0.2) is 11.5 Å². The monoisotopic (exact) mass is 293 g/mol. The molecule has 1 saturated heterocycles. The van der Waals surface area contributed by atoms with E-state index >= 15 is 0 Å². The van der Waals surface area contributed by atoms with E-state index in [1.54, 1.807) is 14.2 Å². The van der Waals surface area contributed by atoms with E-state index in [0.717, 1.165) is 24.6 Å². The Morgan fingerprint density at radius 3 is 2.52 bits per heavy atom. The highest BCUT2D eigenvalue weighted by Gasteiger charge is 2.26. The second-order valence-corrected chi connectivity index (χ2v) is 6.18. The fraction of sp³-hybridized carbons (Fsp3) is 0.647. The zero-order chi connectivity index (χ0) is 15.4. The molecule has 0 aromatic heterocycles. The van der Waals surface area contributed by atoms with Crippen molar-refractivity contribution in [3.8, 4) is 11.5 Å². The first-order valence-electron chi connectivity index (χ1n) is 7.67. The van der Waals surface area contributed by atoms with E-state index in [2.05, 4.69) is 18.7 Å². The normalized spacial score (nSPS) is 20.8. The second-order valence-electron chi connectivity index (χ2n) is 6.18. The van der Waals surface area contributed by atoms with Gasteiger partial charge in [0, 0.05) is 13.1 Å². The Morgan fingerprint density at radius 1 is 1.24 bits per heavy atom. The third-order valence-corrected chi connectivity index (χ3v) is 4.48. The number of nitrogens with zero attached hydrogens (tertiary/aromatic N) is 1. The van der Waals surface area contributed by atoms with Crippen LogP contribution in [0.3, 0.4) is 0 Å². The van der Waals surface area contributed by atoms with E-state index in [9.17, 15) is 5.11 Å². The van der Waals surface area contributed by atoms with Crippen molar-refractivity contribution in [3.63, 3.8) is 0 Å². The Hall–Kier alpha value is -1.26. The first-order valence-corrected chi connectivity index (χ1v) is 7.67. The molecule has 4 heteroatoms. The van der Waals surface area contributed by atoms with E-state index in [0.29, 0.717) is 24.0 Å². The van der Waals surface area contributed by atoms with Gasteiger partial charge < -0.3 is 19.5 Å². The molecule has 1 heterocycles. The van der Waals surface area contributed by atoms with E-state index in [-0.39, 0.29) is 0 Å². The van der Waals surface area contributed by atoms with Crippen molar-refractivity contribution in [3.05, 3.63) is 23.8 Å². The first-order chi connectivity index (χ1) is 10.0. The van der Waals surface area contributed by atoms with Gasteiger partial charge in [0.05, 0.1) is 20.3 Å². The van der Waals surface area contributed by atoms with Crippen molar-refractivity contribution in [1.29, 1.82) is 0 Å². The lowest BCUT2D eigenvalue weighted by Gasteiger charge is -2.22. The topological polar surface area (TPSA) is 41.9 Å². The molecule has 2 unspecified atom stereocenters. The van der Waals surface area contributed by atoms with E-state index in [1.165, 1.54) is 6.42 Å². The number of likely N-dealkylation sites (tertiary alicyclic amines) is 1. The summed E-state index contributed by atoms with van der Waals surface area (Å²) in [5.41, 5.74) is 0.876. The Labute approximate surface area is 127 Å². The van der Waals surface area contributed by atoms with Crippen molar-refractivity contribution in [2.24, 2.45) is 11.8 Å². The molecule has 1 fully saturated rings. The van der Waals surface area contributed by atoms with Gasteiger partial charge in [-0.05, 0) is 42.5 Å². The van der Waals surface area contributed by atoms with E-state index < -0.39 is 6.10 Å². The van der Waals surface area contributed by atoms with Crippen LogP contribution in [-0.4, -0.2) is 43.9 Å². The predicted molar refractivity (Wildman–Crippen MR) is 83.9 cm³/mol. The summed E-state index contributed by atoms with van der Waals surface area (Å²) in [6.07, 6.45) is 0.742. The molecule has 4 nitrogen and oxygen atoms in total. The molecular formula is C17H27NO3. The Kier molecular flexibility index (Phi) is 5.48. The molecule has 2 rings (SSSR count). The van der Waals surface area contributed by atoms with Crippen molar-refractivity contribution < 1.29 is 14.6 Å². The Balaban J connectivity index is 1.99. The molecule has 0 radical (unpaired) electrons. The lowest BCUT2D eigenvalue weighted by molar-refractivity contribution is 0.122. The SMILES string of the molecule is COc1ccc(C(O)CN2CCC(C(C)C)C2)cc1OC. The van der Waals surface area contributed by atoms with Crippen LogP contribution < -0.4 is 9.47 Å². The summed E-state index contributed by atoms with van der Waals surface area (Å²) in [5.74, 6) is 2.82. The van der Waals surface area contributed by atoms with Gasteiger partial charge in [0.1, 0.15) is 0 Å². The average Bonchev–Trinajstić information content (AvgIpc) is 2.95. The molecule has 0 spiro atoms. The summed E-state index contributed by atoms with van der Waals surface area (Å²) in [7, 11) is 3.23. The number of aliphatic hydroxyl groups excluding tert-OH is 1. The van der Waals surface area contributed by atoms with Crippen LogP contribution in [0.25, 0.3) is 0 Å². The Morgan fingerprint density at radius 2 is 1.95 bits per heavy atom. The predicted octanol–water partition coefficient (Wildman–Crippen LogP) is 2.72. The third kappa shape index (κ3) is 3.89. The van der Waals surface area contributed by atoms with Gasteiger partial charge in [-0.15, -0.1) is 0 Å². The van der Waals surface area contributed by atoms with Crippen LogP contribution in [0.5, 0.6) is 11.5 Å². The minimum Gasteiger partial charge on any atom is -0.493 e. The molecule has 118 valence electrons. The zero-order valence-electron chi connectivity index (χ0n) is 13.5. The van der Waals surface area contributed by atoms with Gasteiger partial charge in [-0.3, -0.25) is 0 Å². The number of hydrogen-bond acceptors (Lipinski definition) is 4. The molecule has 2 atom stereocenters. The quantitative estimate of drug-likeness (QED) is 0.875. The highest BCUT2D eigenvalue weighted by atomic mass is 16.5. The van der Waals surface area contributed by atoms with E-state index in [1.807, 2.05) is 18.2 Å². The molecule has 0 amide bonds. The molecule has 21 heavy (non-hydrogen) atoms. The van der Waals surface area contributed by atoms with Crippen LogP contribution in [0.1, 0.15) is 31.9 Å². The molecule has 1 aliphatic heterocycles. The fourth-order valence-corrected chi connectivity index (χ4v) is 2.98. The average molecular weight is 293 g/mol. The molecule has 1 aliphatic rings. The number of methoxy groups -OCH3 is 2. The molecule has 1 N–H and O–H groups in total. The van der Waals surface area contributed by atoms with Crippen molar-refractivity contribution >= 4 is 0 Å². The van der Waals surface area contributed by atoms with Crippen molar-refractivity contribution in [2.45, 2.75) is 26.4 Å². The fourth-order valence-electron chi connectivity index (χ4n) is 2.98. The zero-order valence-corrected chi connectivity index (χ0v) is 13.5.